The van der Waals surface area contributed by atoms with Crippen molar-refractivity contribution in [2.75, 3.05) is 7.11 Å². The van der Waals surface area contributed by atoms with Crippen LogP contribution in [-0.4, -0.2) is 27.3 Å². The first-order chi connectivity index (χ1) is 12.3. The van der Waals surface area contributed by atoms with Gasteiger partial charge in [0.05, 0.1) is 12.9 Å². The Morgan fingerprint density at radius 3 is 2.81 bits per heavy atom. The molecule has 0 radical (unpaired) electrons. The lowest BCUT2D eigenvalue weighted by atomic mass is 10.2. The number of rotatable bonds is 5. The Morgan fingerprint density at radius 1 is 1.27 bits per heavy atom. The second kappa shape index (κ2) is 7.20. The second-order valence-corrected chi connectivity index (χ2v) is 5.92. The van der Waals surface area contributed by atoms with E-state index in [1.165, 1.54) is 7.11 Å². The first kappa shape index (κ1) is 18.0. The Balaban J connectivity index is 1.74. The molecule has 0 aliphatic carbocycles. The first-order valence-electron chi connectivity index (χ1n) is 7.13. The van der Waals surface area contributed by atoms with E-state index in [2.05, 4.69) is 20.2 Å². The van der Waals surface area contributed by atoms with Crippen molar-refractivity contribution in [1.29, 1.82) is 0 Å². The molecule has 1 aromatic carbocycles. The van der Waals surface area contributed by atoms with Crippen molar-refractivity contribution in [3.8, 4) is 17.2 Å². The molecule has 0 atom stereocenters. The van der Waals surface area contributed by atoms with E-state index in [1.54, 1.807) is 24.3 Å². The van der Waals surface area contributed by atoms with Gasteiger partial charge in [-0.1, -0.05) is 17.8 Å². The van der Waals surface area contributed by atoms with Crippen molar-refractivity contribution < 1.29 is 22.3 Å². The molecule has 3 rings (SSSR count). The van der Waals surface area contributed by atoms with Crippen LogP contribution >= 0.6 is 11.8 Å². The SMILES string of the molecule is COc1cccc(-c2nnc(CSc3nc(C(F)(F)F)cc(=O)[nH]3)o2)c1. The molecule has 0 spiro atoms. The van der Waals surface area contributed by atoms with Gasteiger partial charge < -0.3 is 14.1 Å². The molecule has 136 valence electrons. The van der Waals surface area contributed by atoms with E-state index in [0.29, 0.717) is 17.4 Å². The number of methoxy groups -OCH3 is 1. The van der Waals surface area contributed by atoms with Gasteiger partial charge in [0.2, 0.25) is 11.8 Å². The van der Waals surface area contributed by atoms with E-state index in [1.807, 2.05) is 0 Å². The minimum Gasteiger partial charge on any atom is -0.497 e. The summed E-state index contributed by atoms with van der Waals surface area (Å²) in [6, 6.07) is 7.36. The van der Waals surface area contributed by atoms with Crippen LogP contribution in [0.5, 0.6) is 5.75 Å². The molecule has 3 aromatic rings. The molecule has 26 heavy (non-hydrogen) atoms. The zero-order valence-corrected chi connectivity index (χ0v) is 14.0. The predicted molar refractivity (Wildman–Crippen MR) is 85.7 cm³/mol. The van der Waals surface area contributed by atoms with Crippen LogP contribution in [0.2, 0.25) is 0 Å². The van der Waals surface area contributed by atoms with Crippen LogP contribution in [0.25, 0.3) is 11.5 Å². The largest absolute Gasteiger partial charge is 0.497 e. The Morgan fingerprint density at radius 2 is 2.08 bits per heavy atom. The standard InChI is InChI=1S/C15H11F3N4O3S/c1-24-9-4-2-3-8(5-9)13-22-21-12(25-13)7-26-14-19-10(15(16,17)18)6-11(23)20-14/h2-6H,7H2,1H3,(H,19,20,23). The van der Waals surface area contributed by atoms with E-state index in [-0.39, 0.29) is 22.7 Å². The number of nitrogens with one attached hydrogen (secondary N) is 1. The maximum atomic E-state index is 12.7. The lowest BCUT2D eigenvalue weighted by Gasteiger charge is -2.06. The number of aromatic amines is 1. The molecular weight excluding hydrogens is 373 g/mol. The molecule has 2 heterocycles. The van der Waals surface area contributed by atoms with Crippen LogP contribution in [0.15, 0.2) is 44.7 Å². The predicted octanol–water partition coefficient (Wildman–Crippen LogP) is 3.14. The molecule has 1 N–H and O–H groups in total. The Labute approximate surface area is 148 Å². The quantitative estimate of drug-likeness (QED) is 0.533. The molecule has 11 heteroatoms. The normalized spacial score (nSPS) is 11.5. The minimum atomic E-state index is -4.70. The average Bonchev–Trinajstić information content (AvgIpc) is 3.08. The van der Waals surface area contributed by atoms with Crippen LogP contribution in [-0.2, 0) is 11.9 Å². The van der Waals surface area contributed by atoms with Gasteiger partial charge in [0.25, 0.3) is 5.56 Å². The molecule has 2 aromatic heterocycles. The molecule has 0 unspecified atom stereocenters. The Hall–Kier alpha value is -2.82. The second-order valence-electron chi connectivity index (χ2n) is 4.96. The van der Waals surface area contributed by atoms with Crippen molar-refractivity contribution in [2.45, 2.75) is 17.1 Å². The van der Waals surface area contributed by atoms with E-state index in [4.69, 9.17) is 9.15 Å². The number of hydrogen-bond acceptors (Lipinski definition) is 7. The van der Waals surface area contributed by atoms with Gasteiger partial charge in [0.15, 0.2) is 10.9 Å². The fraction of sp³-hybridized carbons (Fsp3) is 0.200. The number of nitrogens with zero attached hydrogens (tertiary/aromatic N) is 3. The third kappa shape index (κ3) is 4.23. The summed E-state index contributed by atoms with van der Waals surface area (Å²) in [7, 11) is 1.53. The van der Waals surface area contributed by atoms with Gasteiger partial charge in [0, 0.05) is 11.6 Å². The number of halogens is 3. The topological polar surface area (TPSA) is 93.9 Å². The zero-order chi connectivity index (χ0) is 18.7. The lowest BCUT2D eigenvalue weighted by Crippen LogP contribution is -2.16. The molecule has 0 fully saturated rings. The maximum Gasteiger partial charge on any atom is 0.433 e. The maximum absolute atomic E-state index is 12.7. The van der Waals surface area contributed by atoms with Gasteiger partial charge in [-0.3, -0.25) is 4.79 Å². The highest BCUT2D eigenvalue weighted by atomic mass is 32.2. The van der Waals surface area contributed by atoms with E-state index >= 15 is 0 Å². The van der Waals surface area contributed by atoms with E-state index < -0.39 is 17.4 Å². The number of thioether (sulfide) groups is 1. The van der Waals surface area contributed by atoms with Crippen molar-refractivity contribution in [3.63, 3.8) is 0 Å². The highest BCUT2D eigenvalue weighted by Gasteiger charge is 2.33. The van der Waals surface area contributed by atoms with Crippen LogP contribution in [0.1, 0.15) is 11.6 Å². The fourth-order valence-corrected chi connectivity index (χ4v) is 2.68. The molecule has 0 aliphatic rings. The summed E-state index contributed by atoms with van der Waals surface area (Å²) in [5.41, 5.74) is -1.51. The van der Waals surface area contributed by atoms with Crippen LogP contribution in [0, 0.1) is 0 Å². The molecule has 0 saturated heterocycles. The third-order valence-corrected chi connectivity index (χ3v) is 3.98. The molecule has 0 amide bonds. The summed E-state index contributed by atoms with van der Waals surface area (Å²) < 4.78 is 48.7. The number of benzene rings is 1. The number of H-pyrrole nitrogens is 1. The Kier molecular flexibility index (Phi) is 4.98. The summed E-state index contributed by atoms with van der Waals surface area (Å²) in [6.07, 6.45) is -4.70. The summed E-state index contributed by atoms with van der Waals surface area (Å²) in [6.45, 7) is 0. The zero-order valence-electron chi connectivity index (χ0n) is 13.2. The smallest absolute Gasteiger partial charge is 0.433 e. The molecule has 0 bridgehead atoms. The van der Waals surface area contributed by atoms with Gasteiger partial charge >= 0.3 is 6.18 Å². The van der Waals surface area contributed by atoms with E-state index in [0.717, 1.165) is 11.8 Å². The van der Waals surface area contributed by atoms with Gasteiger partial charge in [-0.15, -0.1) is 10.2 Å². The molecule has 7 nitrogen and oxygen atoms in total. The Bertz CT molecular complexity index is 971. The molecule has 0 saturated carbocycles. The van der Waals surface area contributed by atoms with Crippen molar-refractivity contribution in [1.82, 2.24) is 20.2 Å². The third-order valence-electron chi connectivity index (χ3n) is 3.13. The summed E-state index contributed by atoms with van der Waals surface area (Å²) in [4.78, 5) is 17.0. The van der Waals surface area contributed by atoms with Crippen LogP contribution in [0.3, 0.4) is 0 Å². The summed E-state index contributed by atoms with van der Waals surface area (Å²) >= 11 is 0.847. The van der Waals surface area contributed by atoms with Crippen molar-refractivity contribution in [3.05, 3.63) is 52.3 Å². The first-order valence-corrected chi connectivity index (χ1v) is 8.12. The molecule has 0 aliphatic heterocycles. The van der Waals surface area contributed by atoms with Crippen molar-refractivity contribution in [2.24, 2.45) is 0 Å². The number of aromatic nitrogens is 4. The minimum absolute atomic E-state index is 0.0429. The number of hydrogen-bond donors (Lipinski definition) is 1. The number of ether oxygens (including phenoxy) is 1. The van der Waals surface area contributed by atoms with Gasteiger partial charge in [-0.2, -0.15) is 13.2 Å². The van der Waals surface area contributed by atoms with Crippen LogP contribution in [0.4, 0.5) is 13.2 Å². The number of alkyl halides is 3. The highest BCUT2D eigenvalue weighted by Crippen LogP contribution is 2.29. The van der Waals surface area contributed by atoms with Gasteiger partial charge in [-0.05, 0) is 18.2 Å². The lowest BCUT2D eigenvalue weighted by molar-refractivity contribution is -0.141. The van der Waals surface area contributed by atoms with Crippen LogP contribution < -0.4 is 10.3 Å². The average molecular weight is 384 g/mol. The molecular formula is C15H11F3N4O3S. The monoisotopic (exact) mass is 384 g/mol. The van der Waals surface area contributed by atoms with Gasteiger partial charge in [0.1, 0.15) is 5.75 Å². The van der Waals surface area contributed by atoms with Gasteiger partial charge in [-0.25, -0.2) is 4.98 Å². The fourth-order valence-electron chi connectivity index (χ4n) is 1.96. The summed E-state index contributed by atoms with van der Waals surface area (Å²) in [5, 5.41) is 7.54. The summed E-state index contributed by atoms with van der Waals surface area (Å²) in [5.74, 6) is 1.07. The highest BCUT2D eigenvalue weighted by molar-refractivity contribution is 7.98. The van der Waals surface area contributed by atoms with E-state index in [9.17, 15) is 18.0 Å². The van der Waals surface area contributed by atoms with Crippen molar-refractivity contribution >= 4 is 11.8 Å².